The summed E-state index contributed by atoms with van der Waals surface area (Å²) < 4.78 is 13.9. The molecule has 0 radical (unpaired) electrons. The van der Waals surface area contributed by atoms with Crippen LogP contribution in [0.15, 0.2) is 6.07 Å². The van der Waals surface area contributed by atoms with Crippen molar-refractivity contribution < 1.29 is 4.39 Å². The maximum absolute atomic E-state index is 13.2. The monoisotopic (exact) mass is 330 g/mol. The Bertz CT molecular complexity index is 483. The minimum atomic E-state index is -0.445. The summed E-state index contributed by atoms with van der Waals surface area (Å²) in [6.07, 6.45) is 0. The topological polar surface area (TPSA) is 28.7 Å². The number of nitrogens with zero attached hydrogens (tertiary/aromatic N) is 1. The normalized spacial score (nSPS) is 11.1. The first kappa shape index (κ1) is 9.48. The van der Waals surface area contributed by atoms with Gasteiger partial charge < -0.3 is 0 Å². The van der Waals surface area contributed by atoms with Crippen molar-refractivity contribution in [2.24, 2.45) is 0 Å². The Morgan fingerprint density at radius 2 is 2.15 bits per heavy atom. The summed E-state index contributed by atoms with van der Waals surface area (Å²) in [6, 6.07) is 1.24. The minimum Gasteiger partial charge on any atom is -0.273 e. The molecule has 0 aliphatic rings. The van der Waals surface area contributed by atoms with Gasteiger partial charge in [0.2, 0.25) is 0 Å². The van der Waals surface area contributed by atoms with E-state index in [1.165, 1.54) is 6.07 Å². The number of nitrogens with one attached hydrogen (secondary N) is 1. The van der Waals surface area contributed by atoms with Crippen LogP contribution in [0, 0.1) is 9.39 Å². The average Bonchev–Trinajstić information content (AvgIpc) is 2.44. The maximum atomic E-state index is 13.2. The van der Waals surface area contributed by atoms with Crippen molar-refractivity contribution >= 4 is 56.7 Å². The average molecular weight is 331 g/mol. The molecule has 1 aromatic carbocycles. The molecular formula is C7H2Cl2FIN2. The number of hydrogen-bond donors (Lipinski definition) is 1. The molecule has 68 valence electrons. The number of aromatic amines is 1. The number of H-pyrrole nitrogens is 1. The van der Waals surface area contributed by atoms with E-state index in [0.29, 0.717) is 19.5 Å². The summed E-state index contributed by atoms with van der Waals surface area (Å²) in [5, 5.41) is 7.31. The predicted molar refractivity (Wildman–Crippen MR) is 58.8 cm³/mol. The van der Waals surface area contributed by atoms with E-state index < -0.39 is 5.82 Å². The van der Waals surface area contributed by atoms with Crippen LogP contribution in [0.2, 0.25) is 10.2 Å². The summed E-state index contributed by atoms with van der Waals surface area (Å²) in [4.78, 5) is 0. The predicted octanol–water partition coefficient (Wildman–Crippen LogP) is 3.61. The van der Waals surface area contributed by atoms with Crippen LogP contribution in [0.5, 0.6) is 0 Å². The SMILES string of the molecule is Fc1cc(Cl)c(I)c2c(Cl)n[nH]c12. The number of benzene rings is 1. The zero-order valence-electron chi connectivity index (χ0n) is 6.04. The second-order valence-corrected chi connectivity index (χ2v) is 4.26. The fourth-order valence-electron chi connectivity index (χ4n) is 1.06. The quantitative estimate of drug-likeness (QED) is 0.580. The fourth-order valence-corrected chi connectivity index (χ4v) is 2.32. The molecule has 6 heteroatoms. The lowest BCUT2D eigenvalue weighted by atomic mass is 10.2. The van der Waals surface area contributed by atoms with Crippen molar-refractivity contribution in [3.8, 4) is 0 Å². The van der Waals surface area contributed by atoms with Crippen molar-refractivity contribution in [2.75, 3.05) is 0 Å². The van der Waals surface area contributed by atoms with E-state index in [9.17, 15) is 4.39 Å². The van der Waals surface area contributed by atoms with Gasteiger partial charge in [-0.15, -0.1) is 0 Å². The molecular weight excluding hydrogens is 329 g/mol. The molecule has 0 saturated carbocycles. The molecule has 1 heterocycles. The molecule has 2 nitrogen and oxygen atoms in total. The smallest absolute Gasteiger partial charge is 0.159 e. The number of aromatic nitrogens is 2. The van der Waals surface area contributed by atoms with E-state index >= 15 is 0 Å². The van der Waals surface area contributed by atoms with Gasteiger partial charge in [-0.25, -0.2) is 4.39 Å². The Labute approximate surface area is 96.5 Å². The molecule has 1 N–H and O–H groups in total. The highest BCUT2D eigenvalue weighted by Gasteiger charge is 2.14. The Morgan fingerprint density at radius 1 is 1.46 bits per heavy atom. The van der Waals surface area contributed by atoms with Gasteiger partial charge >= 0.3 is 0 Å². The molecule has 0 aliphatic carbocycles. The van der Waals surface area contributed by atoms with Crippen LogP contribution in [-0.2, 0) is 0 Å². The maximum Gasteiger partial charge on any atom is 0.159 e. The van der Waals surface area contributed by atoms with Crippen LogP contribution in [0.4, 0.5) is 4.39 Å². The highest BCUT2D eigenvalue weighted by atomic mass is 127. The molecule has 0 spiro atoms. The Morgan fingerprint density at radius 3 is 2.85 bits per heavy atom. The summed E-state index contributed by atoms with van der Waals surface area (Å²) in [5.41, 5.74) is 0.291. The zero-order valence-corrected chi connectivity index (χ0v) is 9.71. The highest BCUT2D eigenvalue weighted by molar-refractivity contribution is 14.1. The Kier molecular flexibility index (Phi) is 2.37. The van der Waals surface area contributed by atoms with Crippen LogP contribution in [0.1, 0.15) is 0 Å². The number of halogens is 4. The van der Waals surface area contributed by atoms with Gasteiger partial charge in [-0.05, 0) is 28.7 Å². The van der Waals surface area contributed by atoms with Crippen molar-refractivity contribution in [2.45, 2.75) is 0 Å². The lowest BCUT2D eigenvalue weighted by molar-refractivity contribution is 0.636. The number of fused-ring (bicyclic) bond motifs is 1. The third-order valence-electron chi connectivity index (χ3n) is 1.64. The summed E-state index contributed by atoms with van der Waals surface area (Å²) in [7, 11) is 0. The van der Waals surface area contributed by atoms with E-state index in [-0.39, 0.29) is 5.15 Å². The second kappa shape index (κ2) is 3.25. The van der Waals surface area contributed by atoms with Crippen LogP contribution in [0.3, 0.4) is 0 Å². The minimum absolute atomic E-state index is 0.237. The third-order valence-corrected chi connectivity index (χ3v) is 3.65. The first-order chi connectivity index (χ1) is 6.11. The van der Waals surface area contributed by atoms with Gasteiger partial charge in [0.05, 0.1) is 10.4 Å². The van der Waals surface area contributed by atoms with Crippen LogP contribution in [0.25, 0.3) is 10.9 Å². The molecule has 2 rings (SSSR count). The summed E-state index contributed by atoms with van der Waals surface area (Å²) in [6.45, 7) is 0. The van der Waals surface area contributed by atoms with Crippen molar-refractivity contribution in [1.82, 2.24) is 10.2 Å². The Hall–Kier alpha value is -0.0700. The number of rotatable bonds is 0. The first-order valence-corrected chi connectivity index (χ1v) is 5.12. The summed E-state index contributed by atoms with van der Waals surface area (Å²) in [5.74, 6) is -0.445. The van der Waals surface area contributed by atoms with Crippen LogP contribution in [-0.4, -0.2) is 10.2 Å². The molecule has 0 unspecified atom stereocenters. The lowest BCUT2D eigenvalue weighted by Crippen LogP contribution is -1.83. The molecule has 2 aromatic rings. The second-order valence-electron chi connectivity index (χ2n) is 2.42. The van der Waals surface area contributed by atoms with Crippen molar-refractivity contribution in [1.29, 1.82) is 0 Å². The first-order valence-electron chi connectivity index (χ1n) is 3.28. The summed E-state index contributed by atoms with van der Waals surface area (Å²) >= 11 is 13.5. The van der Waals surface area contributed by atoms with E-state index in [1.807, 2.05) is 22.6 Å². The lowest BCUT2D eigenvalue weighted by Gasteiger charge is -1.98. The van der Waals surface area contributed by atoms with E-state index in [4.69, 9.17) is 23.2 Å². The molecule has 0 aliphatic heterocycles. The van der Waals surface area contributed by atoms with Gasteiger partial charge in [-0.3, -0.25) is 5.10 Å². The largest absolute Gasteiger partial charge is 0.273 e. The van der Waals surface area contributed by atoms with E-state index in [1.54, 1.807) is 0 Å². The van der Waals surface area contributed by atoms with Crippen LogP contribution >= 0.6 is 45.8 Å². The van der Waals surface area contributed by atoms with Crippen molar-refractivity contribution in [3.05, 3.63) is 25.6 Å². The zero-order chi connectivity index (χ0) is 9.59. The molecule has 0 atom stereocenters. The van der Waals surface area contributed by atoms with Gasteiger partial charge in [0, 0.05) is 3.57 Å². The molecule has 13 heavy (non-hydrogen) atoms. The van der Waals surface area contributed by atoms with Gasteiger partial charge in [-0.2, -0.15) is 5.10 Å². The molecule has 0 fully saturated rings. The van der Waals surface area contributed by atoms with Gasteiger partial charge in [0.1, 0.15) is 11.3 Å². The highest BCUT2D eigenvalue weighted by Crippen LogP contribution is 2.32. The third kappa shape index (κ3) is 1.41. The molecule has 1 aromatic heterocycles. The molecule has 0 amide bonds. The molecule has 0 bridgehead atoms. The van der Waals surface area contributed by atoms with Crippen molar-refractivity contribution in [3.63, 3.8) is 0 Å². The van der Waals surface area contributed by atoms with Gasteiger partial charge in [0.25, 0.3) is 0 Å². The number of hydrogen-bond acceptors (Lipinski definition) is 1. The fraction of sp³-hybridized carbons (Fsp3) is 0. The van der Waals surface area contributed by atoms with Crippen LogP contribution < -0.4 is 0 Å². The van der Waals surface area contributed by atoms with Gasteiger partial charge in [0.15, 0.2) is 5.15 Å². The van der Waals surface area contributed by atoms with E-state index in [2.05, 4.69) is 10.2 Å². The Balaban J connectivity index is 3.00. The van der Waals surface area contributed by atoms with Gasteiger partial charge in [-0.1, -0.05) is 23.2 Å². The molecule has 0 saturated heterocycles. The van der Waals surface area contributed by atoms with E-state index in [0.717, 1.165) is 0 Å². The standard InChI is InChI=1S/C7H2Cl2FIN2/c8-2-1-3(10)6-4(5(2)11)7(9)13-12-6/h1H,(H,12,13).